The zero-order chi connectivity index (χ0) is 12.1. The summed E-state index contributed by atoms with van der Waals surface area (Å²) in [5.74, 6) is 1.38. The molecule has 0 aliphatic carbocycles. The number of nitrogens with zero attached hydrogens (tertiary/aromatic N) is 4. The molecule has 0 unspecified atom stereocenters. The number of anilines is 2. The molecule has 16 heavy (non-hydrogen) atoms. The van der Waals surface area contributed by atoms with Crippen molar-refractivity contribution < 1.29 is 4.79 Å². The van der Waals surface area contributed by atoms with E-state index in [1.807, 2.05) is 7.05 Å². The minimum Gasteiger partial charge on any atom is -0.372 e. The molecule has 6 nitrogen and oxygen atoms in total. The summed E-state index contributed by atoms with van der Waals surface area (Å²) in [6, 6.07) is 0. The largest absolute Gasteiger partial charge is 0.372 e. The van der Waals surface area contributed by atoms with Crippen molar-refractivity contribution in [1.82, 2.24) is 14.9 Å². The van der Waals surface area contributed by atoms with Crippen LogP contribution in [0.4, 0.5) is 11.6 Å². The number of carbonyl (C=O) groups is 1. The lowest BCUT2D eigenvalue weighted by Gasteiger charge is -2.19. The SMILES string of the molecule is CNc1cncc(N(C)CC(=O)N(C)C)n1. The van der Waals surface area contributed by atoms with Gasteiger partial charge in [-0.25, -0.2) is 4.98 Å². The maximum absolute atomic E-state index is 11.5. The molecule has 0 atom stereocenters. The monoisotopic (exact) mass is 223 g/mol. The second kappa shape index (κ2) is 5.29. The van der Waals surface area contributed by atoms with E-state index in [2.05, 4.69) is 15.3 Å². The molecule has 0 spiro atoms. The van der Waals surface area contributed by atoms with Gasteiger partial charge in [-0.1, -0.05) is 0 Å². The highest BCUT2D eigenvalue weighted by molar-refractivity contribution is 5.80. The van der Waals surface area contributed by atoms with E-state index >= 15 is 0 Å². The number of aromatic nitrogens is 2. The van der Waals surface area contributed by atoms with Gasteiger partial charge in [0.05, 0.1) is 18.9 Å². The molecular weight excluding hydrogens is 206 g/mol. The van der Waals surface area contributed by atoms with Crippen LogP contribution < -0.4 is 10.2 Å². The van der Waals surface area contributed by atoms with Crippen molar-refractivity contribution in [3.8, 4) is 0 Å². The third-order valence-electron chi connectivity index (χ3n) is 2.14. The second-order valence-electron chi connectivity index (χ2n) is 3.66. The Morgan fingerprint density at radius 2 is 2.06 bits per heavy atom. The van der Waals surface area contributed by atoms with Crippen LogP contribution in [-0.2, 0) is 4.79 Å². The predicted octanol–water partition coefficient (Wildman–Crippen LogP) is 0.0427. The van der Waals surface area contributed by atoms with E-state index in [9.17, 15) is 4.79 Å². The number of amides is 1. The Balaban J connectivity index is 2.72. The van der Waals surface area contributed by atoms with Crippen LogP contribution in [0.1, 0.15) is 0 Å². The van der Waals surface area contributed by atoms with Crippen LogP contribution in [0.25, 0.3) is 0 Å². The van der Waals surface area contributed by atoms with Crippen molar-refractivity contribution in [2.45, 2.75) is 0 Å². The average Bonchev–Trinajstić information content (AvgIpc) is 2.28. The first-order valence-electron chi connectivity index (χ1n) is 4.95. The van der Waals surface area contributed by atoms with Gasteiger partial charge in [0.2, 0.25) is 5.91 Å². The van der Waals surface area contributed by atoms with Crippen molar-refractivity contribution in [3.63, 3.8) is 0 Å². The van der Waals surface area contributed by atoms with Crippen LogP contribution in [0.5, 0.6) is 0 Å². The third kappa shape index (κ3) is 3.08. The Morgan fingerprint density at radius 1 is 1.38 bits per heavy atom. The molecule has 1 amide bonds. The van der Waals surface area contributed by atoms with Gasteiger partial charge in [-0.05, 0) is 0 Å². The van der Waals surface area contributed by atoms with Crippen molar-refractivity contribution in [3.05, 3.63) is 12.4 Å². The molecule has 0 aromatic carbocycles. The quantitative estimate of drug-likeness (QED) is 0.781. The van der Waals surface area contributed by atoms with Crippen LogP contribution in [0.3, 0.4) is 0 Å². The van der Waals surface area contributed by atoms with Gasteiger partial charge in [0.1, 0.15) is 11.6 Å². The van der Waals surface area contributed by atoms with Gasteiger partial charge < -0.3 is 15.1 Å². The summed E-state index contributed by atoms with van der Waals surface area (Å²) in [5.41, 5.74) is 0. The minimum absolute atomic E-state index is 0.0270. The maximum Gasteiger partial charge on any atom is 0.241 e. The Labute approximate surface area is 95.3 Å². The van der Waals surface area contributed by atoms with Gasteiger partial charge in [-0.3, -0.25) is 9.78 Å². The summed E-state index contributed by atoms with van der Waals surface area (Å²) in [6.07, 6.45) is 3.26. The number of carbonyl (C=O) groups excluding carboxylic acids is 1. The first kappa shape index (κ1) is 12.2. The number of hydrogen-bond donors (Lipinski definition) is 1. The summed E-state index contributed by atoms with van der Waals surface area (Å²) in [6.45, 7) is 0.287. The van der Waals surface area contributed by atoms with Crippen LogP contribution >= 0.6 is 0 Å². The molecule has 0 bridgehead atoms. The van der Waals surface area contributed by atoms with Crippen molar-refractivity contribution >= 4 is 17.5 Å². The second-order valence-corrected chi connectivity index (χ2v) is 3.66. The average molecular weight is 223 g/mol. The van der Waals surface area contributed by atoms with Gasteiger partial charge in [0.25, 0.3) is 0 Å². The van der Waals surface area contributed by atoms with Gasteiger partial charge in [-0.2, -0.15) is 0 Å². The molecule has 1 aromatic heterocycles. The van der Waals surface area contributed by atoms with Crippen molar-refractivity contribution in [1.29, 1.82) is 0 Å². The zero-order valence-electron chi connectivity index (χ0n) is 10.1. The number of rotatable bonds is 4. The predicted molar refractivity (Wildman–Crippen MR) is 63.5 cm³/mol. The highest BCUT2D eigenvalue weighted by Gasteiger charge is 2.10. The highest BCUT2D eigenvalue weighted by Crippen LogP contribution is 2.09. The Kier molecular flexibility index (Phi) is 4.04. The fourth-order valence-electron chi connectivity index (χ4n) is 1.09. The Bertz CT molecular complexity index is 366. The van der Waals surface area contributed by atoms with Crippen LogP contribution in [-0.4, -0.2) is 55.5 Å². The van der Waals surface area contributed by atoms with E-state index in [1.54, 1.807) is 43.3 Å². The number of likely N-dealkylation sites (N-methyl/N-ethyl adjacent to an activating group) is 2. The molecule has 0 saturated heterocycles. The molecule has 6 heteroatoms. The minimum atomic E-state index is 0.0270. The lowest BCUT2D eigenvalue weighted by atomic mass is 10.4. The molecule has 0 aliphatic rings. The standard InChI is InChI=1S/C10H17N5O/c1-11-8-5-12-6-9(13-8)15(4)7-10(16)14(2)3/h5-6H,7H2,1-4H3,(H,11,13). The van der Waals surface area contributed by atoms with E-state index in [0.29, 0.717) is 11.6 Å². The van der Waals surface area contributed by atoms with E-state index in [4.69, 9.17) is 0 Å². The van der Waals surface area contributed by atoms with E-state index in [-0.39, 0.29) is 12.5 Å². The molecule has 0 fully saturated rings. The maximum atomic E-state index is 11.5. The fraction of sp³-hybridized carbons (Fsp3) is 0.500. The highest BCUT2D eigenvalue weighted by atomic mass is 16.2. The van der Waals surface area contributed by atoms with Crippen molar-refractivity contribution in [2.75, 3.05) is 45.0 Å². The first-order valence-corrected chi connectivity index (χ1v) is 4.95. The Hall–Kier alpha value is -1.85. The summed E-state index contributed by atoms with van der Waals surface area (Å²) < 4.78 is 0. The molecule has 1 rings (SSSR count). The summed E-state index contributed by atoms with van der Waals surface area (Å²) in [4.78, 5) is 23.1. The van der Waals surface area contributed by atoms with E-state index in [0.717, 1.165) is 0 Å². The van der Waals surface area contributed by atoms with Gasteiger partial charge >= 0.3 is 0 Å². The fourth-order valence-corrected chi connectivity index (χ4v) is 1.09. The molecule has 0 radical (unpaired) electrons. The van der Waals surface area contributed by atoms with Crippen LogP contribution in [0, 0.1) is 0 Å². The lowest BCUT2D eigenvalue weighted by Crippen LogP contribution is -2.34. The topological polar surface area (TPSA) is 61.4 Å². The molecule has 1 heterocycles. The normalized spacial score (nSPS) is 9.75. The first-order chi connectivity index (χ1) is 7.54. The van der Waals surface area contributed by atoms with E-state index in [1.165, 1.54) is 0 Å². The van der Waals surface area contributed by atoms with Gasteiger partial charge in [-0.15, -0.1) is 0 Å². The molecular formula is C10H17N5O. The smallest absolute Gasteiger partial charge is 0.241 e. The van der Waals surface area contributed by atoms with Crippen LogP contribution in [0.2, 0.25) is 0 Å². The molecule has 0 saturated carbocycles. The molecule has 1 aromatic rings. The number of nitrogens with one attached hydrogen (secondary N) is 1. The lowest BCUT2D eigenvalue weighted by molar-refractivity contribution is -0.127. The summed E-state index contributed by atoms with van der Waals surface area (Å²) in [7, 11) is 7.04. The Morgan fingerprint density at radius 3 is 2.62 bits per heavy atom. The van der Waals surface area contributed by atoms with Gasteiger partial charge in [0.15, 0.2) is 0 Å². The van der Waals surface area contributed by atoms with Crippen LogP contribution in [0.15, 0.2) is 12.4 Å². The zero-order valence-corrected chi connectivity index (χ0v) is 10.1. The summed E-state index contributed by atoms with van der Waals surface area (Å²) in [5, 5.41) is 2.90. The molecule has 88 valence electrons. The number of hydrogen-bond acceptors (Lipinski definition) is 5. The molecule has 0 aliphatic heterocycles. The third-order valence-corrected chi connectivity index (χ3v) is 2.14. The van der Waals surface area contributed by atoms with E-state index < -0.39 is 0 Å². The summed E-state index contributed by atoms with van der Waals surface area (Å²) >= 11 is 0. The van der Waals surface area contributed by atoms with Crippen molar-refractivity contribution in [2.24, 2.45) is 0 Å². The molecule has 1 N–H and O–H groups in total. The van der Waals surface area contributed by atoms with Gasteiger partial charge in [0, 0.05) is 28.2 Å².